The number of furan rings is 1. The van der Waals surface area contributed by atoms with E-state index in [0.29, 0.717) is 5.76 Å². The zero-order chi connectivity index (χ0) is 6.69. The van der Waals surface area contributed by atoms with E-state index in [1.165, 1.54) is 6.08 Å². The zero-order valence-electron chi connectivity index (χ0n) is 5.00. The predicted octanol–water partition coefficient (Wildman–Crippen LogP) is 1.79. The molecule has 2 heteroatoms. The molecule has 1 N–H and O–H groups in total. The Morgan fingerprint density at radius 3 is 3.00 bits per heavy atom. The van der Waals surface area contributed by atoms with Crippen LogP contribution in [0.15, 0.2) is 35.5 Å². The van der Waals surface area contributed by atoms with Gasteiger partial charge in [-0.15, -0.1) is 6.58 Å². The van der Waals surface area contributed by atoms with Gasteiger partial charge in [0.05, 0.1) is 12.3 Å². The summed E-state index contributed by atoms with van der Waals surface area (Å²) in [6, 6.07) is 3.11. The molecule has 1 aromatic rings. The third-order valence-electron chi connectivity index (χ3n) is 1.09. The Bertz CT molecular complexity index is 179. The highest BCUT2D eigenvalue weighted by molar-refractivity contribution is 5.08. The highest BCUT2D eigenvalue weighted by Gasteiger charge is 2.01. The van der Waals surface area contributed by atoms with Gasteiger partial charge in [0.1, 0.15) is 5.76 Å². The van der Waals surface area contributed by atoms with Gasteiger partial charge >= 0.3 is 0 Å². The lowest BCUT2D eigenvalue weighted by Crippen LogP contribution is -1.90. The van der Waals surface area contributed by atoms with Crippen LogP contribution in [0.1, 0.15) is 11.8 Å². The Hall–Kier alpha value is -1.02. The van der Waals surface area contributed by atoms with Crippen LogP contribution in [0, 0.1) is 0 Å². The smallest absolute Gasteiger partial charge is 0.125 e. The van der Waals surface area contributed by atoms with Crippen molar-refractivity contribution < 1.29 is 4.42 Å². The van der Waals surface area contributed by atoms with Gasteiger partial charge in [0.2, 0.25) is 0 Å². The van der Waals surface area contributed by atoms with E-state index < -0.39 is 6.04 Å². The normalized spacial score (nSPS) is 13.0. The molecule has 0 aliphatic carbocycles. The molecule has 0 saturated heterocycles. The molecule has 1 rings (SSSR count). The van der Waals surface area contributed by atoms with Gasteiger partial charge in [-0.3, -0.25) is 0 Å². The minimum atomic E-state index is -0.417. The van der Waals surface area contributed by atoms with Crippen LogP contribution in [0.25, 0.3) is 0 Å². The molecule has 1 heterocycles. The fourth-order valence-corrected chi connectivity index (χ4v) is 0.584. The van der Waals surface area contributed by atoms with Gasteiger partial charge in [0.15, 0.2) is 0 Å². The van der Waals surface area contributed by atoms with Crippen molar-refractivity contribution in [3.05, 3.63) is 36.8 Å². The summed E-state index contributed by atoms with van der Waals surface area (Å²) in [6.07, 6.45) is 3.08. The van der Waals surface area contributed by atoms with Crippen LogP contribution in [-0.2, 0) is 0 Å². The van der Waals surface area contributed by atoms with E-state index in [0.717, 1.165) is 0 Å². The lowest BCUT2D eigenvalue weighted by atomic mass is 10.2. The summed E-state index contributed by atoms with van der Waals surface area (Å²) in [5.41, 5.74) is 7.27. The number of hydrogen-bond acceptors (Lipinski definition) is 1. The summed E-state index contributed by atoms with van der Waals surface area (Å²) in [7, 11) is 0. The Morgan fingerprint density at radius 2 is 2.56 bits per heavy atom. The lowest BCUT2D eigenvalue weighted by molar-refractivity contribution is 0.490. The summed E-state index contributed by atoms with van der Waals surface area (Å²) in [4.78, 5) is 0. The van der Waals surface area contributed by atoms with Crippen molar-refractivity contribution in [3.8, 4) is 0 Å². The van der Waals surface area contributed by atoms with E-state index in [1.807, 2.05) is 0 Å². The first-order valence-corrected chi connectivity index (χ1v) is 2.71. The van der Waals surface area contributed by atoms with Gasteiger partial charge in [-0.1, -0.05) is 6.08 Å². The van der Waals surface area contributed by atoms with E-state index in [9.17, 15) is 0 Å². The van der Waals surface area contributed by atoms with Crippen LogP contribution in [0.3, 0.4) is 0 Å². The average molecular weight is 122 g/mol. The quantitative estimate of drug-likeness (QED) is 0.551. The number of rotatable bonds is 2. The number of hydrogen-bond donors (Lipinski definition) is 0. The molecule has 0 fully saturated rings. The molecule has 0 amide bonds. The van der Waals surface area contributed by atoms with Crippen molar-refractivity contribution in [2.24, 2.45) is 0 Å². The van der Waals surface area contributed by atoms with Crippen molar-refractivity contribution in [2.45, 2.75) is 6.04 Å². The highest BCUT2D eigenvalue weighted by atomic mass is 16.3. The molecule has 0 aromatic carbocycles. The summed E-state index contributed by atoms with van der Waals surface area (Å²) < 4.78 is 4.93. The Labute approximate surface area is 54.0 Å². The minimum absolute atomic E-state index is 0.417. The molecule has 2 nitrogen and oxygen atoms in total. The predicted molar refractivity (Wildman–Crippen MR) is 34.7 cm³/mol. The Balaban J connectivity index is 2.76. The SMILES string of the molecule is C=CC([NH])c1ccco1. The topological polar surface area (TPSA) is 36.9 Å². The van der Waals surface area contributed by atoms with Crippen molar-refractivity contribution >= 4 is 0 Å². The average Bonchev–Trinajstić information content (AvgIpc) is 2.37. The van der Waals surface area contributed by atoms with Gasteiger partial charge in [-0.05, 0) is 12.1 Å². The maximum atomic E-state index is 7.27. The van der Waals surface area contributed by atoms with Crippen LogP contribution in [0.4, 0.5) is 0 Å². The summed E-state index contributed by atoms with van der Waals surface area (Å²) in [5.74, 6) is 0.644. The van der Waals surface area contributed by atoms with E-state index in [1.54, 1.807) is 18.4 Å². The maximum Gasteiger partial charge on any atom is 0.125 e. The summed E-state index contributed by atoms with van der Waals surface area (Å²) >= 11 is 0. The molecule has 1 unspecified atom stereocenters. The lowest BCUT2D eigenvalue weighted by Gasteiger charge is -1.96. The van der Waals surface area contributed by atoms with Crippen LogP contribution >= 0.6 is 0 Å². The summed E-state index contributed by atoms with van der Waals surface area (Å²) in [5, 5.41) is 0. The fourth-order valence-electron chi connectivity index (χ4n) is 0.584. The molecule has 1 radical (unpaired) electrons. The second kappa shape index (κ2) is 2.51. The third-order valence-corrected chi connectivity index (χ3v) is 1.09. The third kappa shape index (κ3) is 1.21. The molecule has 47 valence electrons. The largest absolute Gasteiger partial charge is 0.467 e. The molecule has 0 spiro atoms. The van der Waals surface area contributed by atoms with Gasteiger partial charge in [0.25, 0.3) is 0 Å². The standard InChI is InChI=1S/C7H8NO/c1-2-6(8)7-4-3-5-9-7/h2-6,8H,1H2. The summed E-state index contributed by atoms with van der Waals surface area (Å²) in [6.45, 7) is 3.47. The first-order chi connectivity index (χ1) is 4.34. The zero-order valence-corrected chi connectivity index (χ0v) is 5.00. The Kier molecular flexibility index (Phi) is 1.70. The Morgan fingerprint density at radius 1 is 1.78 bits per heavy atom. The van der Waals surface area contributed by atoms with Crippen molar-refractivity contribution in [1.82, 2.24) is 5.73 Å². The first kappa shape index (κ1) is 6.11. The van der Waals surface area contributed by atoms with Crippen LogP contribution < -0.4 is 5.73 Å². The monoisotopic (exact) mass is 122 g/mol. The minimum Gasteiger partial charge on any atom is -0.467 e. The van der Waals surface area contributed by atoms with E-state index in [4.69, 9.17) is 10.2 Å². The van der Waals surface area contributed by atoms with Gasteiger partial charge in [-0.2, -0.15) is 0 Å². The molecule has 0 saturated carbocycles. The maximum absolute atomic E-state index is 7.27. The number of nitrogens with one attached hydrogen (secondary N) is 1. The van der Waals surface area contributed by atoms with Gasteiger partial charge in [0, 0.05) is 0 Å². The molecule has 1 atom stereocenters. The van der Waals surface area contributed by atoms with Crippen LogP contribution in [0.5, 0.6) is 0 Å². The fraction of sp³-hybridized carbons (Fsp3) is 0.143. The van der Waals surface area contributed by atoms with Gasteiger partial charge in [-0.25, -0.2) is 5.73 Å². The van der Waals surface area contributed by atoms with E-state index in [2.05, 4.69) is 6.58 Å². The highest BCUT2D eigenvalue weighted by Crippen LogP contribution is 2.11. The van der Waals surface area contributed by atoms with Crippen molar-refractivity contribution in [3.63, 3.8) is 0 Å². The first-order valence-electron chi connectivity index (χ1n) is 2.71. The van der Waals surface area contributed by atoms with E-state index >= 15 is 0 Å². The molecular weight excluding hydrogens is 114 g/mol. The van der Waals surface area contributed by atoms with E-state index in [-0.39, 0.29) is 0 Å². The second-order valence-corrected chi connectivity index (χ2v) is 1.73. The second-order valence-electron chi connectivity index (χ2n) is 1.73. The van der Waals surface area contributed by atoms with Crippen molar-refractivity contribution in [1.29, 1.82) is 0 Å². The van der Waals surface area contributed by atoms with Crippen LogP contribution in [0.2, 0.25) is 0 Å². The molecule has 9 heavy (non-hydrogen) atoms. The van der Waals surface area contributed by atoms with Crippen LogP contribution in [-0.4, -0.2) is 0 Å². The molecule has 0 aliphatic rings. The van der Waals surface area contributed by atoms with Gasteiger partial charge < -0.3 is 4.42 Å². The molecule has 0 bridgehead atoms. The molecule has 1 aromatic heterocycles. The molecular formula is C7H8NO. The molecule has 0 aliphatic heterocycles. The van der Waals surface area contributed by atoms with Crippen molar-refractivity contribution in [2.75, 3.05) is 0 Å².